The molecule has 4 nitrogen and oxygen atoms in total. The molecule has 48 valence electrons. The van der Waals surface area contributed by atoms with Crippen molar-refractivity contribution >= 4 is 0 Å². The van der Waals surface area contributed by atoms with Crippen molar-refractivity contribution in [3.8, 4) is 0 Å². The summed E-state index contributed by atoms with van der Waals surface area (Å²) in [4.78, 5) is 0. The lowest BCUT2D eigenvalue weighted by molar-refractivity contribution is 0.399. The van der Waals surface area contributed by atoms with Crippen molar-refractivity contribution in [2.75, 3.05) is 20.2 Å². The van der Waals surface area contributed by atoms with Crippen LogP contribution in [0.15, 0.2) is 0 Å². The first-order valence-electron chi connectivity index (χ1n) is 1.76. The van der Waals surface area contributed by atoms with Crippen molar-refractivity contribution in [1.29, 1.82) is 0 Å². The van der Waals surface area contributed by atoms with E-state index in [-0.39, 0.29) is 5.48 Å². The van der Waals surface area contributed by atoms with Crippen LogP contribution < -0.4 is 11.5 Å². The van der Waals surface area contributed by atoms with Gasteiger partial charge in [-0.15, -0.1) is 0 Å². The summed E-state index contributed by atoms with van der Waals surface area (Å²) in [5, 5.41) is 7.00. The molecule has 0 bridgehead atoms. The zero-order valence-electron chi connectivity index (χ0n) is 4.52. The molecule has 0 radical (unpaired) electrons. The number of aliphatic hydroxyl groups is 1. The molecular weight excluding hydrogens is 96.0 g/mol. The summed E-state index contributed by atoms with van der Waals surface area (Å²) in [7, 11) is 1.00. The quantitative estimate of drug-likeness (QED) is 0.353. The molecule has 0 unspecified atom stereocenters. The van der Waals surface area contributed by atoms with E-state index in [1.54, 1.807) is 0 Å². The highest BCUT2D eigenvalue weighted by molar-refractivity contribution is 4.26. The Morgan fingerprint density at radius 3 is 1.29 bits per heavy atom. The minimum absolute atomic E-state index is 0. The predicted molar refractivity (Wildman–Crippen MR) is 29.9 cm³/mol. The van der Waals surface area contributed by atoms with Crippen LogP contribution in [-0.2, 0) is 0 Å². The lowest BCUT2D eigenvalue weighted by Crippen LogP contribution is -2.11. The molecule has 0 atom stereocenters. The van der Waals surface area contributed by atoms with Gasteiger partial charge >= 0.3 is 0 Å². The molecule has 0 aliphatic carbocycles. The maximum absolute atomic E-state index is 7.00. The van der Waals surface area contributed by atoms with Crippen LogP contribution in [0, 0.1) is 0 Å². The van der Waals surface area contributed by atoms with E-state index >= 15 is 0 Å². The molecule has 7 N–H and O–H groups in total. The van der Waals surface area contributed by atoms with Crippen molar-refractivity contribution in [3.63, 3.8) is 0 Å². The van der Waals surface area contributed by atoms with Gasteiger partial charge in [-0.05, 0) is 0 Å². The van der Waals surface area contributed by atoms with Gasteiger partial charge in [0.2, 0.25) is 0 Å². The number of hydrogen-bond donors (Lipinski definition) is 3. The molecule has 4 heteroatoms. The number of aliphatic hydroxyl groups excluding tert-OH is 1. The first kappa shape index (κ1) is 15.8. The molecule has 0 saturated carbocycles. The Kier molecular flexibility index (Phi) is 91.3. The van der Waals surface area contributed by atoms with Crippen LogP contribution in [0.25, 0.3) is 0 Å². The van der Waals surface area contributed by atoms with E-state index in [2.05, 4.69) is 0 Å². The molecule has 0 amide bonds. The largest absolute Gasteiger partial charge is 0.412 e. The lowest BCUT2D eigenvalue weighted by atomic mass is 10.7. The molecule has 0 spiro atoms. The minimum atomic E-state index is 0. The lowest BCUT2D eigenvalue weighted by Gasteiger charge is -1.72. The average molecular weight is 110 g/mol. The first-order chi connectivity index (χ1) is 2.91. The molecular formula is C3H14N2O2. The van der Waals surface area contributed by atoms with Crippen LogP contribution in [0.2, 0.25) is 0 Å². The Bertz CT molecular complexity index is 12.9. The van der Waals surface area contributed by atoms with Crippen LogP contribution in [0.3, 0.4) is 0 Å². The smallest absolute Gasteiger partial charge is 0.0319 e. The highest BCUT2D eigenvalue weighted by atomic mass is 16.2. The van der Waals surface area contributed by atoms with E-state index in [0.29, 0.717) is 13.1 Å². The maximum Gasteiger partial charge on any atom is 0.0319 e. The zero-order valence-corrected chi connectivity index (χ0v) is 4.52. The Morgan fingerprint density at radius 2 is 1.29 bits per heavy atom. The van der Waals surface area contributed by atoms with Crippen molar-refractivity contribution in [2.45, 2.75) is 0 Å². The van der Waals surface area contributed by atoms with Crippen LogP contribution in [0.4, 0.5) is 0 Å². The van der Waals surface area contributed by atoms with Crippen molar-refractivity contribution < 1.29 is 10.6 Å². The van der Waals surface area contributed by atoms with E-state index in [0.717, 1.165) is 7.11 Å². The average Bonchev–Trinajstić information content (AvgIpc) is 1.72. The minimum Gasteiger partial charge on any atom is -0.412 e. The normalized spacial score (nSPS) is 5.14. The molecule has 0 aromatic heterocycles. The van der Waals surface area contributed by atoms with Crippen LogP contribution in [0.1, 0.15) is 0 Å². The fourth-order valence-corrected chi connectivity index (χ4v) is 0. The van der Waals surface area contributed by atoms with Crippen LogP contribution in [0.5, 0.6) is 0 Å². The van der Waals surface area contributed by atoms with Crippen molar-refractivity contribution in [3.05, 3.63) is 0 Å². The second-order valence-corrected chi connectivity index (χ2v) is 0.577. The zero-order chi connectivity index (χ0) is 5.41. The second-order valence-electron chi connectivity index (χ2n) is 0.577. The standard InChI is InChI=1S/C2H8N2.CH4O.H2O/c3-1-2-4;1-2;/h1-4H2;2H,1H3;1H2. The predicted octanol–water partition coefficient (Wildman–Crippen LogP) is -2.31. The maximum atomic E-state index is 7.00. The summed E-state index contributed by atoms with van der Waals surface area (Å²) in [6, 6.07) is 0. The molecule has 0 aromatic carbocycles. The number of hydrogen-bond acceptors (Lipinski definition) is 3. The number of nitrogens with two attached hydrogens (primary N) is 2. The third kappa shape index (κ3) is 122. The van der Waals surface area contributed by atoms with E-state index in [1.807, 2.05) is 0 Å². The highest BCUT2D eigenvalue weighted by Crippen LogP contribution is 1.24. The van der Waals surface area contributed by atoms with Gasteiger partial charge in [0.1, 0.15) is 0 Å². The van der Waals surface area contributed by atoms with E-state index in [9.17, 15) is 0 Å². The van der Waals surface area contributed by atoms with Gasteiger partial charge in [-0.25, -0.2) is 0 Å². The summed E-state index contributed by atoms with van der Waals surface area (Å²) in [6.07, 6.45) is 0. The molecule has 0 aromatic rings. The van der Waals surface area contributed by atoms with Crippen molar-refractivity contribution in [1.82, 2.24) is 0 Å². The topological polar surface area (TPSA) is 104 Å². The summed E-state index contributed by atoms with van der Waals surface area (Å²) in [5.41, 5.74) is 9.81. The van der Waals surface area contributed by atoms with Gasteiger partial charge in [0.05, 0.1) is 0 Å². The van der Waals surface area contributed by atoms with Gasteiger partial charge in [0, 0.05) is 20.2 Å². The molecule has 7 heavy (non-hydrogen) atoms. The van der Waals surface area contributed by atoms with Gasteiger partial charge < -0.3 is 22.1 Å². The molecule has 0 rings (SSSR count). The first-order valence-corrected chi connectivity index (χ1v) is 1.76. The summed E-state index contributed by atoms with van der Waals surface area (Å²) < 4.78 is 0. The van der Waals surface area contributed by atoms with Gasteiger partial charge in [-0.2, -0.15) is 0 Å². The Morgan fingerprint density at radius 1 is 1.14 bits per heavy atom. The SMILES string of the molecule is CO.NCCN.O. The summed E-state index contributed by atoms with van der Waals surface area (Å²) in [6.45, 7) is 1.19. The molecule has 0 saturated heterocycles. The third-order valence-corrected chi connectivity index (χ3v) is 0.167. The Balaban J connectivity index is -0.0000000480. The highest BCUT2D eigenvalue weighted by Gasteiger charge is 1.54. The van der Waals surface area contributed by atoms with Gasteiger partial charge in [0.15, 0.2) is 0 Å². The number of rotatable bonds is 1. The Hall–Kier alpha value is -0.160. The fraction of sp³-hybridized carbons (Fsp3) is 1.00. The monoisotopic (exact) mass is 110 g/mol. The van der Waals surface area contributed by atoms with E-state index in [4.69, 9.17) is 16.6 Å². The summed E-state index contributed by atoms with van der Waals surface area (Å²) in [5.74, 6) is 0. The van der Waals surface area contributed by atoms with Crippen molar-refractivity contribution in [2.24, 2.45) is 11.5 Å². The third-order valence-electron chi connectivity index (χ3n) is 0.167. The molecule has 0 aliphatic heterocycles. The molecule has 0 fully saturated rings. The molecule has 0 heterocycles. The Labute approximate surface area is 43.4 Å². The van der Waals surface area contributed by atoms with Crippen LogP contribution in [-0.4, -0.2) is 30.8 Å². The van der Waals surface area contributed by atoms with Gasteiger partial charge in [-0.1, -0.05) is 0 Å². The van der Waals surface area contributed by atoms with Crippen LogP contribution >= 0.6 is 0 Å². The fourth-order valence-electron chi connectivity index (χ4n) is 0. The second kappa shape index (κ2) is 40.4. The van der Waals surface area contributed by atoms with Gasteiger partial charge in [-0.3, -0.25) is 0 Å². The van der Waals surface area contributed by atoms with E-state index in [1.165, 1.54) is 0 Å². The van der Waals surface area contributed by atoms with Gasteiger partial charge in [0.25, 0.3) is 0 Å². The van der Waals surface area contributed by atoms with E-state index < -0.39 is 0 Å². The molecule has 0 aliphatic rings. The summed E-state index contributed by atoms with van der Waals surface area (Å²) >= 11 is 0.